The molecule has 0 aliphatic heterocycles. The lowest BCUT2D eigenvalue weighted by Crippen LogP contribution is -2.14. The summed E-state index contributed by atoms with van der Waals surface area (Å²) in [5.74, 6) is 0. The van der Waals surface area contributed by atoms with E-state index in [-0.39, 0.29) is 0 Å². The molecule has 0 amide bonds. The molecule has 102 valence electrons. The highest BCUT2D eigenvalue weighted by Crippen LogP contribution is 2.27. The minimum Gasteiger partial charge on any atom is -0.313 e. The van der Waals surface area contributed by atoms with E-state index in [0.717, 1.165) is 41.4 Å². The Morgan fingerprint density at radius 2 is 2.16 bits per heavy atom. The zero-order valence-corrected chi connectivity index (χ0v) is 12.5. The summed E-state index contributed by atoms with van der Waals surface area (Å²) in [5.41, 5.74) is 4.51. The third kappa shape index (κ3) is 3.37. The highest BCUT2D eigenvalue weighted by atomic mass is 35.5. The molecule has 0 unspecified atom stereocenters. The molecule has 0 bridgehead atoms. The largest absolute Gasteiger partial charge is 0.313 e. The van der Waals surface area contributed by atoms with Crippen molar-refractivity contribution >= 4 is 11.6 Å². The van der Waals surface area contributed by atoms with E-state index in [1.807, 2.05) is 30.9 Å². The lowest BCUT2D eigenvalue weighted by molar-refractivity contribution is 0.676. The number of aryl methyl sites for hydroxylation is 2. The van der Waals surface area contributed by atoms with Gasteiger partial charge < -0.3 is 5.32 Å². The van der Waals surface area contributed by atoms with Crippen LogP contribution in [-0.4, -0.2) is 16.3 Å². The van der Waals surface area contributed by atoms with E-state index in [2.05, 4.69) is 29.5 Å². The molecule has 1 aromatic carbocycles. The van der Waals surface area contributed by atoms with Crippen molar-refractivity contribution in [3.8, 4) is 11.1 Å². The fourth-order valence-corrected chi connectivity index (χ4v) is 2.34. The Kier molecular flexibility index (Phi) is 4.61. The zero-order valence-electron chi connectivity index (χ0n) is 11.7. The minimum atomic E-state index is 0.805. The van der Waals surface area contributed by atoms with Gasteiger partial charge in [0.15, 0.2) is 0 Å². The Bertz CT molecular complexity index is 561. The summed E-state index contributed by atoms with van der Waals surface area (Å²) in [5, 5.41) is 8.58. The maximum atomic E-state index is 6.25. The van der Waals surface area contributed by atoms with Crippen LogP contribution >= 0.6 is 11.6 Å². The second kappa shape index (κ2) is 6.22. The van der Waals surface area contributed by atoms with Gasteiger partial charge in [0.1, 0.15) is 0 Å². The Labute approximate surface area is 119 Å². The van der Waals surface area contributed by atoms with Gasteiger partial charge in [-0.15, -0.1) is 0 Å². The van der Waals surface area contributed by atoms with E-state index in [4.69, 9.17) is 11.6 Å². The topological polar surface area (TPSA) is 29.9 Å². The molecule has 0 atom stereocenters. The molecule has 3 nitrogen and oxygen atoms in total. The second-order valence-electron chi connectivity index (χ2n) is 4.78. The Morgan fingerprint density at radius 1 is 1.37 bits per heavy atom. The fraction of sp³-hybridized carbons (Fsp3) is 0.400. The summed E-state index contributed by atoms with van der Waals surface area (Å²) in [4.78, 5) is 0. The molecule has 0 saturated heterocycles. The molecule has 4 heteroatoms. The predicted octanol–water partition coefficient (Wildman–Crippen LogP) is 3.55. The van der Waals surface area contributed by atoms with E-state index >= 15 is 0 Å². The molecule has 0 spiro atoms. The monoisotopic (exact) mass is 277 g/mol. The predicted molar refractivity (Wildman–Crippen MR) is 80.4 cm³/mol. The van der Waals surface area contributed by atoms with E-state index < -0.39 is 0 Å². The molecule has 19 heavy (non-hydrogen) atoms. The van der Waals surface area contributed by atoms with Crippen LogP contribution in [0.25, 0.3) is 11.1 Å². The quantitative estimate of drug-likeness (QED) is 0.847. The Balaban J connectivity index is 2.27. The van der Waals surface area contributed by atoms with Crippen LogP contribution in [0, 0.1) is 6.92 Å². The number of aromatic nitrogens is 2. The number of nitrogens with zero attached hydrogens (tertiary/aromatic N) is 2. The van der Waals surface area contributed by atoms with Crippen molar-refractivity contribution in [1.82, 2.24) is 15.1 Å². The second-order valence-corrected chi connectivity index (χ2v) is 5.19. The van der Waals surface area contributed by atoms with Gasteiger partial charge in [0, 0.05) is 30.4 Å². The van der Waals surface area contributed by atoms with Crippen molar-refractivity contribution in [2.45, 2.75) is 26.8 Å². The van der Waals surface area contributed by atoms with Gasteiger partial charge in [-0.3, -0.25) is 4.68 Å². The number of hydrogen-bond donors (Lipinski definition) is 1. The first-order chi connectivity index (χ1) is 9.11. The maximum absolute atomic E-state index is 6.25. The average Bonchev–Trinajstić information content (AvgIpc) is 2.71. The molecule has 0 fully saturated rings. The van der Waals surface area contributed by atoms with Crippen molar-refractivity contribution in [3.63, 3.8) is 0 Å². The molecule has 0 saturated carbocycles. The molecule has 1 heterocycles. The highest BCUT2D eigenvalue weighted by molar-refractivity contribution is 6.31. The standard InChI is InChI=1S/C15H20ClN3/c1-4-7-17-9-13-8-12(5-6-15(13)16)14-10-19(3)18-11(14)2/h5-6,8,10,17H,4,7,9H2,1-3H3. The van der Waals surface area contributed by atoms with Gasteiger partial charge in [-0.25, -0.2) is 0 Å². The van der Waals surface area contributed by atoms with Crippen LogP contribution in [0.1, 0.15) is 24.6 Å². The van der Waals surface area contributed by atoms with Gasteiger partial charge in [0.05, 0.1) is 5.69 Å². The number of halogens is 1. The van der Waals surface area contributed by atoms with Gasteiger partial charge in [0.2, 0.25) is 0 Å². The zero-order chi connectivity index (χ0) is 13.8. The fourth-order valence-electron chi connectivity index (χ4n) is 2.16. The van der Waals surface area contributed by atoms with Gasteiger partial charge in [-0.2, -0.15) is 5.10 Å². The Morgan fingerprint density at radius 3 is 2.79 bits per heavy atom. The lowest BCUT2D eigenvalue weighted by Gasteiger charge is -2.08. The van der Waals surface area contributed by atoms with Crippen molar-refractivity contribution in [2.75, 3.05) is 6.54 Å². The summed E-state index contributed by atoms with van der Waals surface area (Å²) in [7, 11) is 1.94. The van der Waals surface area contributed by atoms with Crippen molar-refractivity contribution in [1.29, 1.82) is 0 Å². The highest BCUT2D eigenvalue weighted by Gasteiger charge is 2.08. The van der Waals surface area contributed by atoms with E-state index in [9.17, 15) is 0 Å². The first kappa shape index (κ1) is 14.1. The maximum Gasteiger partial charge on any atom is 0.0671 e. The lowest BCUT2D eigenvalue weighted by atomic mass is 10.0. The number of benzene rings is 1. The van der Waals surface area contributed by atoms with Crippen LogP contribution < -0.4 is 5.32 Å². The molecule has 0 aliphatic rings. The Hall–Kier alpha value is -1.32. The van der Waals surface area contributed by atoms with Crippen LogP contribution in [0.5, 0.6) is 0 Å². The summed E-state index contributed by atoms with van der Waals surface area (Å²) in [6, 6.07) is 6.16. The molecule has 0 aliphatic carbocycles. The van der Waals surface area contributed by atoms with Crippen molar-refractivity contribution in [2.24, 2.45) is 7.05 Å². The minimum absolute atomic E-state index is 0.805. The van der Waals surface area contributed by atoms with Gasteiger partial charge in [-0.1, -0.05) is 24.6 Å². The van der Waals surface area contributed by atoms with Gasteiger partial charge in [0.25, 0.3) is 0 Å². The van der Waals surface area contributed by atoms with Gasteiger partial charge in [-0.05, 0) is 43.1 Å². The molecule has 1 aromatic heterocycles. The van der Waals surface area contributed by atoms with Crippen LogP contribution in [0.3, 0.4) is 0 Å². The van der Waals surface area contributed by atoms with Gasteiger partial charge >= 0.3 is 0 Å². The van der Waals surface area contributed by atoms with Crippen molar-refractivity contribution < 1.29 is 0 Å². The average molecular weight is 278 g/mol. The summed E-state index contributed by atoms with van der Waals surface area (Å²) in [6.45, 7) is 6.00. The van der Waals surface area contributed by atoms with Crippen LogP contribution in [-0.2, 0) is 13.6 Å². The molecule has 0 radical (unpaired) electrons. The SMILES string of the molecule is CCCNCc1cc(-c2cn(C)nc2C)ccc1Cl. The van der Waals surface area contributed by atoms with E-state index in [0.29, 0.717) is 0 Å². The number of rotatable bonds is 5. The smallest absolute Gasteiger partial charge is 0.0671 e. The third-order valence-corrected chi connectivity index (χ3v) is 3.48. The normalized spacial score (nSPS) is 10.9. The molecule has 1 N–H and O–H groups in total. The molecule has 2 rings (SSSR count). The summed E-state index contributed by atoms with van der Waals surface area (Å²) >= 11 is 6.25. The van der Waals surface area contributed by atoms with Crippen molar-refractivity contribution in [3.05, 3.63) is 40.7 Å². The summed E-state index contributed by atoms with van der Waals surface area (Å²) < 4.78 is 1.84. The van der Waals surface area contributed by atoms with Crippen LogP contribution in [0.4, 0.5) is 0 Å². The first-order valence-electron chi connectivity index (χ1n) is 6.61. The van der Waals surface area contributed by atoms with Crippen LogP contribution in [0.2, 0.25) is 5.02 Å². The number of hydrogen-bond acceptors (Lipinski definition) is 2. The van der Waals surface area contributed by atoms with Crippen LogP contribution in [0.15, 0.2) is 24.4 Å². The molecule has 2 aromatic rings. The van der Waals surface area contributed by atoms with E-state index in [1.54, 1.807) is 0 Å². The summed E-state index contributed by atoms with van der Waals surface area (Å²) in [6.07, 6.45) is 3.17. The third-order valence-electron chi connectivity index (χ3n) is 3.11. The first-order valence-corrected chi connectivity index (χ1v) is 6.99. The molecular formula is C15H20ClN3. The molecular weight excluding hydrogens is 258 g/mol. The number of nitrogens with one attached hydrogen (secondary N) is 1. The van der Waals surface area contributed by atoms with E-state index in [1.165, 1.54) is 5.56 Å².